The molecule has 252 valence electrons. The van der Waals surface area contributed by atoms with Gasteiger partial charge in [0.2, 0.25) is 0 Å². The van der Waals surface area contributed by atoms with Gasteiger partial charge in [-0.15, -0.1) is 0 Å². The molecular weight excluding hydrogens is 628 g/mol. The minimum atomic E-state index is -0.751. The lowest BCUT2D eigenvalue weighted by molar-refractivity contribution is 0.0961. The fraction of sp³-hybridized carbons (Fsp3) is 0.333. The number of carbonyl (C=O) groups is 2. The highest BCUT2D eigenvalue weighted by molar-refractivity contribution is 6.29. The number of hydrogen-bond donors (Lipinski definition) is 6. The third-order valence-corrected chi connectivity index (χ3v) is 11.7. The van der Waals surface area contributed by atoms with Crippen LogP contribution in [0.1, 0.15) is 103 Å². The molecule has 2 atom stereocenters. The molecule has 10 nitrogen and oxygen atoms in total. The van der Waals surface area contributed by atoms with E-state index in [0.29, 0.717) is 44.9 Å². The minimum absolute atomic E-state index is 0.0882. The van der Waals surface area contributed by atoms with Crippen molar-refractivity contribution in [1.29, 1.82) is 0 Å². The van der Waals surface area contributed by atoms with E-state index in [1.165, 1.54) is 12.1 Å². The summed E-state index contributed by atoms with van der Waals surface area (Å²) in [4.78, 5) is 27.9. The maximum absolute atomic E-state index is 14.3. The molecule has 0 unspecified atom stereocenters. The van der Waals surface area contributed by atoms with Crippen molar-refractivity contribution < 1.29 is 49.7 Å². The van der Waals surface area contributed by atoms with Crippen LogP contribution in [0.5, 0.6) is 40.2 Å². The third-order valence-electron chi connectivity index (χ3n) is 11.7. The standard InChI is InChI=1S/C39H36O10/c1-12-9-18(40)22-24-20(12)36-28(38(5,6)14(3)48-36)34(46)26(24)32(44)16(30(22)42)11-17-31(43)23-19(41)10-13(2)21-25(23)27(33(17)45)35(47)29-37(21)49-15(4)39(29,7)8/h9-10,14-15,40,42-45,47H,11H2,1-8H3/t14-,15-/m1/s1. The van der Waals surface area contributed by atoms with Crippen molar-refractivity contribution in [1.82, 2.24) is 0 Å². The molecule has 0 saturated heterocycles. The molecule has 0 radical (unpaired) electrons. The first-order chi connectivity index (χ1) is 22.8. The summed E-state index contributed by atoms with van der Waals surface area (Å²) in [6.45, 7) is 14.6. The summed E-state index contributed by atoms with van der Waals surface area (Å²) in [5.74, 6) is -3.51. The molecule has 2 heterocycles. The molecule has 0 fully saturated rings. The van der Waals surface area contributed by atoms with Crippen LogP contribution in [0, 0.1) is 12.3 Å². The van der Waals surface area contributed by atoms with Gasteiger partial charge in [0.05, 0.1) is 27.5 Å². The molecule has 8 rings (SSSR count). The number of carbonyl (C=O) groups excluding carboxylic acids is 2. The van der Waals surface area contributed by atoms with Gasteiger partial charge in [-0.2, -0.15) is 0 Å². The average molecular weight is 665 g/mol. The molecule has 10 heteroatoms. The van der Waals surface area contributed by atoms with Crippen LogP contribution >= 0.6 is 0 Å². The highest BCUT2D eigenvalue weighted by Gasteiger charge is 2.50. The maximum Gasteiger partial charge on any atom is 0.197 e. The molecule has 4 aromatic rings. The van der Waals surface area contributed by atoms with Gasteiger partial charge in [-0.1, -0.05) is 27.7 Å². The quantitative estimate of drug-likeness (QED) is 0.129. The number of Topliss-reactive ketones (excluding diaryl/α,β-unsaturated/α-hetero) is 1. The van der Waals surface area contributed by atoms with Gasteiger partial charge in [0, 0.05) is 55.8 Å². The van der Waals surface area contributed by atoms with Crippen LogP contribution in [0.2, 0.25) is 0 Å². The summed E-state index contributed by atoms with van der Waals surface area (Å²) in [6.07, 6.45) is -0.00829. The van der Waals surface area contributed by atoms with E-state index in [9.17, 15) is 40.2 Å². The predicted octanol–water partition coefficient (Wildman–Crippen LogP) is 7.14. The number of hydrogen-bond acceptors (Lipinski definition) is 10. The van der Waals surface area contributed by atoms with Gasteiger partial charge in [0.25, 0.3) is 0 Å². The molecule has 0 saturated carbocycles. The number of allylic oxidation sites excluding steroid dienone is 2. The maximum atomic E-state index is 14.3. The number of phenolic OH excluding ortho intramolecular Hbond substituents is 6. The SMILES string of the molecule is CC1=CC(=O)c2c(O)c(Cc3c(O)c4c5c(c(C)cc(O)c5c3O)C3=C(C4=O)C(C)(C)[C@@H](C)O3)c(O)c3c(O)c4c(c1c23)O[C@H](C)C4(C)C. The Morgan fingerprint density at radius 3 is 1.90 bits per heavy atom. The molecule has 0 amide bonds. The van der Waals surface area contributed by atoms with E-state index in [4.69, 9.17) is 9.47 Å². The van der Waals surface area contributed by atoms with Crippen molar-refractivity contribution in [2.24, 2.45) is 5.41 Å². The number of benzene rings is 4. The summed E-state index contributed by atoms with van der Waals surface area (Å²) in [7, 11) is 0. The molecule has 4 aromatic carbocycles. The number of aromatic hydroxyl groups is 6. The summed E-state index contributed by atoms with van der Waals surface area (Å²) < 4.78 is 12.4. The highest BCUT2D eigenvalue weighted by Crippen LogP contribution is 2.61. The Hall–Kier alpha value is -5.38. The highest BCUT2D eigenvalue weighted by atomic mass is 16.5. The Kier molecular flexibility index (Phi) is 5.80. The smallest absolute Gasteiger partial charge is 0.197 e. The Labute approximate surface area is 281 Å². The number of aryl methyl sites for hydroxylation is 1. The van der Waals surface area contributed by atoms with E-state index >= 15 is 0 Å². The van der Waals surface area contributed by atoms with Crippen LogP contribution in [0.15, 0.2) is 17.7 Å². The lowest BCUT2D eigenvalue weighted by atomic mass is 9.72. The molecule has 0 spiro atoms. The Morgan fingerprint density at radius 2 is 1.24 bits per heavy atom. The van der Waals surface area contributed by atoms with Crippen LogP contribution in [0.4, 0.5) is 0 Å². The summed E-state index contributed by atoms with van der Waals surface area (Å²) in [6, 6.07) is 1.44. The van der Waals surface area contributed by atoms with E-state index in [-0.39, 0.29) is 61.4 Å². The molecular formula is C39H36O10. The first-order valence-corrected chi connectivity index (χ1v) is 16.2. The fourth-order valence-electron chi connectivity index (χ4n) is 8.36. The average Bonchev–Trinajstić information content (AvgIpc) is 3.37. The second-order valence-corrected chi connectivity index (χ2v) is 15.0. The largest absolute Gasteiger partial charge is 0.507 e. The molecule has 4 aliphatic rings. The zero-order chi connectivity index (χ0) is 35.5. The van der Waals surface area contributed by atoms with Crippen molar-refractivity contribution >= 4 is 44.4 Å². The second kappa shape index (κ2) is 9.19. The Balaban J connectivity index is 1.44. The second-order valence-electron chi connectivity index (χ2n) is 15.0. The molecule has 0 bridgehead atoms. The zero-order valence-corrected chi connectivity index (χ0v) is 28.3. The number of ether oxygens (including phenoxy) is 2. The lowest BCUT2D eigenvalue weighted by Gasteiger charge is -2.28. The fourth-order valence-corrected chi connectivity index (χ4v) is 8.36. The van der Waals surface area contributed by atoms with Crippen LogP contribution < -0.4 is 4.74 Å². The molecule has 6 N–H and O–H groups in total. The van der Waals surface area contributed by atoms with Gasteiger partial charge in [-0.05, 0) is 51.0 Å². The van der Waals surface area contributed by atoms with E-state index in [1.54, 1.807) is 13.8 Å². The normalized spacial score (nSPS) is 21.2. The topological polar surface area (TPSA) is 174 Å². The first-order valence-electron chi connectivity index (χ1n) is 16.2. The van der Waals surface area contributed by atoms with Crippen molar-refractivity contribution in [2.45, 2.75) is 79.4 Å². The number of ketones is 2. The van der Waals surface area contributed by atoms with Crippen LogP contribution in [0.25, 0.3) is 32.9 Å². The van der Waals surface area contributed by atoms with E-state index in [0.717, 1.165) is 0 Å². The monoisotopic (exact) mass is 664 g/mol. The number of phenols is 6. The minimum Gasteiger partial charge on any atom is -0.507 e. The van der Waals surface area contributed by atoms with Gasteiger partial charge < -0.3 is 40.1 Å². The predicted molar refractivity (Wildman–Crippen MR) is 182 cm³/mol. The van der Waals surface area contributed by atoms with Gasteiger partial charge in [-0.3, -0.25) is 9.59 Å². The number of fused-ring (bicyclic) bond motifs is 3. The summed E-state index contributed by atoms with van der Waals surface area (Å²) in [5.41, 5.74) is 0.437. The summed E-state index contributed by atoms with van der Waals surface area (Å²) in [5, 5.41) is 70.4. The Bertz CT molecular complexity index is 2410. The van der Waals surface area contributed by atoms with E-state index < -0.39 is 57.9 Å². The number of rotatable bonds is 2. The molecule has 0 aromatic heterocycles. The zero-order valence-electron chi connectivity index (χ0n) is 28.3. The Morgan fingerprint density at radius 1 is 0.673 bits per heavy atom. The van der Waals surface area contributed by atoms with Crippen LogP contribution in [0.3, 0.4) is 0 Å². The third kappa shape index (κ3) is 3.46. The molecule has 49 heavy (non-hydrogen) atoms. The van der Waals surface area contributed by atoms with Gasteiger partial charge in [0.15, 0.2) is 11.6 Å². The van der Waals surface area contributed by atoms with E-state index in [2.05, 4.69) is 0 Å². The lowest BCUT2D eigenvalue weighted by Crippen LogP contribution is -2.28. The van der Waals surface area contributed by atoms with Crippen molar-refractivity contribution in [3.05, 3.63) is 62.2 Å². The van der Waals surface area contributed by atoms with Gasteiger partial charge in [0.1, 0.15) is 58.2 Å². The van der Waals surface area contributed by atoms with Crippen LogP contribution in [-0.2, 0) is 16.6 Å². The van der Waals surface area contributed by atoms with Gasteiger partial charge in [-0.25, -0.2) is 0 Å². The van der Waals surface area contributed by atoms with E-state index in [1.807, 2.05) is 41.5 Å². The van der Waals surface area contributed by atoms with Crippen LogP contribution in [-0.4, -0.2) is 54.4 Å². The van der Waals surface area contributed by atoms with Crippen molar-refractivity contribution in [3.63, 3.8) is 0 Å². The van der Waals surface area contributed by atoms with Crippen molar-refractivity contribution in [2.75, 3.05) is 0 Å². The summed E-state index contributed by atoms with van der Waals surface area (Å²) >= 11 is 0. The first kappa shape index (κ1) is 30.9. The molecule has 2 aliphatic heterocycles. The molecule has 2 aliphatic carbocycles. The van der Waals surface area contributed by atoms with Crippen molar-refractivity contribution in [3.8, 4) is 40.2 Å². The van der Waals surface area contributed by atoms with Gasteiger partial charge >= 0.3 is 0 Å².